The highest BCUT2D eigenvalue weighted by Crippen LogP contribution is 2.31. The minimum absolute atomic E-state index is 0.193. The van der Waals surface area contributed by atoms with Crippen molar-refractivity contribution >= 4 is 11.6 Å². The van der Waals surface area contributed by atoms with Gasteiger partial charge in [-0.15, -0.1) is 5.10 Å². The van der Waals surface area contributed by atoms with Gasteiger partial charge in [-0.2, -0.15) is 0 Å². The lowest BCUT2D eigenvalue weighted by Gasteiger charge is -2.11. The first-order valence-corrected chi connectivity index (χ1v) is 11.1. The maximum atomic E-state index is 13.0. The number of hydrogen-bond acceptors (Lipinski definition) is 8. The predicted molar refractivity (Wildman–Crippen MR) is 129 cm³/mol. The van der Waals surface area contributed by atoms with E-state index in [0.717, 1.165) is 5.56 Å². The van der Waals surface area contributed by atoms with Gasteiger partial charge in [0.2, 0.25) is 5.89 Å². The number of amides is 1. The number of aryl methyl sites for hydroxylation is 1. The SMILES string of the molecule is CCOc1ccccc1-c1nc(Cn2nnc(C(=O)Nc3cc(OC)ccc3OC)c2C)c(C)o1. The third kappa shape index (κ3) is 4.96. The standard InChI is InChI=1S/C25H27N5O5/c1-6-34-21-10-8-7-9-18(21)25-27-20(16(3)35-25)14-30-15(2)23(28-29-30)24(31)26-19-13-17(32-4)11-12-22(19)33-5/h7-13H,6,14H2,1-5H3,(H,26,31). The second kappa shape index (κ2) is 10.3. The summed E-state index contributed by atoms with van der Waals surface area (Å²) in [5.74, 6) is 2.48. The van der Waals surface area contributed by atoms with Crippen LogP contribution in [-0.4, -0.2) is 46.7 Å². The monoisotopic (exact) mass is 477 g/mol. The first-order chi connectivity index (χ1) is 16.9. The molecule has 0 aliphatic rings. The molecule has 0 fully saturated rings. The van der Waals surface area contributed by atoms with E-state index >= 15 is 0 Å². The smallest absolute Gasteiger partial charge is 0.278 e. The van der Waals surface area contributed by atoms with Crippen LogP contribution in [0.4, 0.5) is 5.69 Å². The van der Waals surface area contributed by atoms with Crippen LogP contribution in [0.25, 0.3) is 11.5 Å². The predicted octanol–water partition coefficient (Wildman–Crippen LogP) is 4.27. The second-order valence-electron chi connectivity index (χ2n) is 7.65. The van der Waals surface area contributed by atoms with Crippen molar-refractivity contribution in [3.63, 3.8) is 0 Å². The van der Waals surface area contributed by atoms with Crippen molar-refractivity contribution in [2.45, 2.75) is 27.3 Å². The van der Waals surface area contributed by atoms with Gasteiger partial charge in [-0.1, -0.05) is 17.3 Å². The van der Waals surface area contributed by atoms with E-state index in [9.17, 15) is 4.79 Å². The van der Waals surface area contributed by atoms with Crippen LogP contribution < -0.4 is 19.5 Å². The van der Waals surface area contributed by atoms with E-state index in [-0.39, 0.29) is 5.69 Å². The Morgan fingerprint density at radius 1 is 1.09 bits per heavy atom. The molecular formula is C25H27N5O5. The number of carbonyl (C=O) groups excluding carboxylic acids is 1. The molecule has 0 saturated carbocycles. The Balaban J connectivity index is 1.55. The number of nitrogens with zero attached hydrogens (tertiary/aromatic N) is 4. The molecule has 0 unspecified atom stereocenters. The Morgan fingerprint density at radius 2 is 1.89 bits per heavy atom. The molecule has 2 aromatic heterocycles. The zero-order chi connectivity index (χ0) is 24.9. The van der Waals surface area contributed by atoms with Crippen molar-refractivity contribution in [1.29, 1.82) is 0 Å². The van der Waals surface area contributed by atoms with Crippen molar-refractivity contribution in [2.75, 3.05) is 26.1 Å². The normalized spacial score (nSPS) is 10.8. The topological polar surface area (TPSA) is 114 Å². The molecule has 10 nitrogen and oxygen atoms in total. The van der Waals surface area contributed by atoms with Crippen molar-refractivity contribution in [3.8, 4) is 28.7 Å². The van der Waals surface area contributed by atoms with Crippen LogP contribution in [0.1, 0.15) is 34.6 Å². The fourth-order valence-corrected chi connectivity index (χ4v) is 3.57. The van der Waals surface area contributed by atoms with Gasteiger partial charge in [0.25, 0.3) is 5.91 Å². The molecule has 35 heavy (non-hydrogen) atoms. The quantitative estimate of drug-likeness (QED) is 0.380. The Morgan fingerprint density at radius 3 is 2.63 bits per heavy atom. The number of nitrogens with one attached hydrogen (secondary N) is 1. The van der Waals surface area contributed by atoms with Gasteiger partial charge in [0.1, 0.15) is 28.7 Å². The first-order valence-electron chi connectivity index (χ1n) is 11.1. The largest absolute Gasteiger partial charge is 0.497 e. The lowest BCUT2D eigenvalue weighted by Crippen LogP contribution is -2.15. The molecule has 4 rings (SSSR count). The fraction of sp³-hybridized carbons (Fsp3) is 0.280. The summed E-state index contributed by atoms with van der Waals surface area (Å²) < 4.78 is 23.8. The van der Waals surface area contributed by atoms with Gasteiger partial charge in [0, 0.05) is 6.07 Å². The van der Waals surface area contributed by atoms with Gasteiger partial charge in [0.15, 0.2) is 5.69 Å². The zero-order valence-electron chi connectivity index (χ0n) is 20.3. The van der Waals surface area contributed by atoms with E-state index in [1.807, 2.05) is 38.1 Å². The molecule has 0 bridgehead atoms. The second-order valence-corrected chi connectivity index (χ2v) is 7.65. The maximum Gasteiger partial charge on any atom is 0.278 e. The van der Waals surface area contributed by atoms with E-state index < -0.39 is 5.91 Å². The summed E-state index contributed by atoms with van der Waals surface area (Å²) in [5.41, 5.74) is 2.70. The average molecular weight is 478 g/mol. The molecule has 0 spiro atoms. The third-order valence-electron chi connectivity index (χ3n) is 5.46. The number of aromatic nitrogens is 4. The van der Waals surface area contributed by atoms with Crippen LogP contribution in [0.3, 0.4) is 0 Å². The summed E-state index contributed by atoms with van der Waals surface area (Å²) in [7, 11) is 3.08. The Labute approximate surface area is 202 Å². The highest BCUT2D eigenvalue weighted by Gasteiger charge is 2.21. The number of carbonyl (C=O) groups is 1. The Kier molecular flexibility index (Phi) is 7.00. The van der Waals surface area contributed by atoms with Gasteiger partial charge in [0.05, 0.1) is 44.3 Å². The summed E-state index contributed by atoms with van der Waals surface area (Å²) in [6.07, 6.45) is 0. The van der Waals surface area contributed by atoms with Crippen LogP contribution >= 0.6 is 0 Å². The minimum atomic E-state index is -0.413. The number of anilines is 1. The van der Waals surface area contributed by atoms with Crippen LogP contribution in [0.2, 0.25) is 0 Å². The van der Waals surface area contributed by atoms with Gasteiger partial charge in [-0.25, -0.2) is 9.67 Å². The molecule has 0 radical (unpaired) electrons. The number of oxazole rings is 1. The van der Waals surface area contributed by atoms with Gasteiger partial charge >= 0.3 is 0 Å². The van der Waals surface area contributed by atoms with Crippen molar-refractivity contribution in [1.82, 2.24) is 20.0 Å². The first kappa shape index (κ1) is 23.8. The molecule has 2 heterocycles. The maximum absolute atomic E-state index is 13.0. The molecule has 0 atom stereocenters. The van der Waals surface area contributed by atoms with Gasteiger partial charge in [-0.05, 0) is 45.0 Å². The summed E-state index contributed by atoms with van der Waals surface area (Å²) >= 11 is 0. The molecule has 1 amide bonds. The number of ether oxygens (including phenoxy) is 3. The van der Waals surface area contributed by atoms with Crippen LogP contribution in [0, 0.1) is 13.8 Å². The number of hydrogen-bond donors (Lipinski definition) is 1. The highest BCUT2D eigenvalue weighted by atomic mass is 16.5. The van der Waals surface area contributed by atoms with E-state index in [0.29, 0.717) is 59.1 Å². The molecule has 0 aliphatic carbocycles. The number of benzene rings is 2. The number of rotatable bonds is 9. The van der Waals surface area contributed by atoms with E-state index in [4.69, 9.17) is 18.6 Å². The Bertz CT molecular complexity index is 1340. The molecule has 4 aromatic rings. The number of para-hydroxylation sites is 1. The van der Waals surface area contributed by atoms with E-state index in [1.54, 1.807) is 36.9 Å². The fourth-order valence-electron chi connectivity index (χ4n) is 3.57. The van der Waals surface area contributed by atoms with Crippen LogP contribution in [-0.2, 0) is 6.54 Å². The molecular weight excluding hydrogens is 450 g/mol. The van der Waals surface area contributed by atoms with Crippen molar-refractivity contribution in [3.05, 3.63) is 65.3 Å². The molecule has 2 aromatic carbocycles. The molecule has 10 heteroatoms. The van der Waals surface area contributed by atoms with Crippen LogP contribution in [0.5, 0.6) is 17.2 Å². The summed E-state index contributed by atoms with van der Waals surface area (Å²) in [5, 5.41) is 11.1. The lowest BCUT2D eigenvalue weighted by molar-refractivity contribution is 0.102. The minimum Gasteiger partial charge on any atom is -0.497 e. The zero-order valence-corrected chi connectivity index (χ0v) is 20.3. The number of methoxy groups -OCH3 is 2. The summed E-state index contributed by atoms with van der Waals surface area (Å²) in [4.78, 5) is 17.6. The Hall–Kier alpha value is -4.34. The lowest BCUT2D eigenvalue weighted by atomic mass is 10.2. The molecule has 182 valence electrons. The van der Waals surface area contributed by atoms with Gasteiger partial charge in [-0.3, -0.25) is 4.79 Å². The highest BCUT2D eigenvalue weighted by molar-refractivity contribution is 6.04. The molecule has 0 saturated heterocycles. The third-order valence-corrected chi connectivity index (χ3v) is 5.46. The summed E-state index contributed by atoms with van der Waals surface area (Å²) in [6, 6.07) is 12.7. The van der Waals surface area contributed by atoms with E-state index in [2.05, 4.69) is 20.6 Å². The van der Waals surface area contributed by atoms with Gasteiger partial charge < -0.3 is 23.9 Å². The van der Waals surface area contributed by atoms with Crippen molar-refractivity contribution in [2.24, 2.45) is 0 Å². The van der Waals surface area contributed by atoms with E-state index in [1.165, 1.54) is 7.11 Å². The summed E-state index contributed by atoms with van der Waals surface area (Å²) in [6.45, 7) is 6.37. The molecule has 1 N–H and O–H groups in total. The van der Waals surface area contributed by atoms with Crippen molar-refractivity contribution < 1.29 is 23.4 Å². The van der Waals surface area contributed by atoms with Crippen LogP contribution in [0.15, 0.2) is 46.9 Å². The average Bonchev–Trinajstić information content (AvgIpc) is 3.41. The molecule has 0 aliphatic heterocycles.